The smallest absolute Gasteiger partial charge is 0.0546 e. The van der Waals surface area contributed by atoms with Gasteiger partial charge in [0.2, 0.25) is 0 Å². The Balaban J connectivity index is 1.47. The molecule has 0 amide bonds. The van der Waals surface area contributed by atoms with Crippen LogP contribution in [-0.4, -0.2) is 0 Å². The number of rotatable bonds is 4. The molecule has 0 bridgehead atoms. The van der Waals surface area contributed by atoms with Crippen LogP contribution in [0.3, 0.4) is 0 Å². The van der Waals surface area contributed by atoms with Crippen molar-refractivity contribution in [1.82, 2.24) is 0 Å². The van der Waals surface area contributed by atoms with E-state index >= 15 is 0 Å². The molecule has 1 nitrogen and oxygen atoms in total. The van der Waals surface area contributed by atoms with E-state index < -0.39 is 0 Å². The molecular weight excluding hydrogens is 515 g/mol. The Morgan fingerprint density at radius 2 is 1.12 bits per heavy atom. The minimum Gasteiger partial charge on any atom is -0.310 e. The molecule has 2 heteroatoms. The number of hydrogen-bond acceptors (Lipinski definition) is 2. The van der Waals surface area contributed by atoms with E-state index in [9.17, 15) is 0 Å². The molecular formula is C39H27NS. The maximum atomic E-state index is 2.46. The summed E-state index contributed by atoms with van der Waals surface area (Å²) in [6.45, 7) is 2.21. The van der Waals surface area contributed by atoms with Crippen LogP contribution < -0.4 is 4.90 Å². The lowest BCUT2D eigenvalue weighted by Crippen LogP contribution is -2.12. The van der Waals surface area contributed by atoms with Gasteiger partial charge in [0.1, 0.15) is 0 Å². The molecule has 0 saturated carbocycles. The highest BCUT2D eigenvalue weighted by Gasteiger charge is 2.22. The number of benzene rings is 7. The van der Waals surface area contributed by atoms with E-state index in [1.54, 1.807) is 0 Å². The Morgan fingerprint density at radius 1 is 0.463 bits per heavy atom. The predicted molar refractivity (Wildman–Crippen MR) is 179 cm³/mol. The molecule has 0 aliphatic carbocycles. The van der Waals surface area contributed by atoms with E-state index in [4.69, 9.17) is 0 Å². The molecule has 0 N–H and O–H groups in total. The first-order chi connectivity index (χ1) is 20.3. The van der Waals surface area contributed by atoms with Gasteiger partial charge in [-0.25, -0.2) is 0 Å². The molecule has 8 aromatic rings. The van der Waals surface area contributed by atoms with E-state index in [1.165, 1.54) is 69.8 Å². The lowest BCUT2D eigenvalue weighted by atomic mass is 9.91. The number of anilines is 3. The van der Waals surface area contributed by atoms with Crippen molar-refractivity contribution < 1.29 is 0 Å². The summed E-state index contributed by atoms with van der Waals surface area (Å²) >= 11 is 1.87. The Hall–Kier alpha value is -4.92. The number of aryl methyl sites for hydroxylation is 1. The maximum absolute atomic E-state index is 2.46. The molecule has 0 atom stereocenters. The third-order valence-corrected chi connectivity index (χ3v) is 9.32. The van der Waals surface area contributed by atoms with E-state index in [0.29, 0.717) is 0 Å². The van der Waals surface area contributed by atoms with Crippen LogP contribution in [0, 0.1) is 6.92 Å². The molecule has 0 radical (unpaired) electrons. The average Bonchev–Trinajstić information content (AvgIpc) is 3.40. The van der Waals surface area contributed by atoms with Crippen LogP contribution in [0.4, 0.5) is 17.1 Å². The van der Waals surface area contributed by atoms with Crippen LogP contribution in [0.25, 0.3) is 52.8 Å². The van der Waals surface area contributed by atoms with Crippen molar-refractivity contribution >= 4 is 70.1 Å². The van der Waals surface area contributed by atoms with Crippen LogP contribution in [0.1, 0.15) is 5.56 Å². The number of para-hydroxylation sites is 1. The zero-order valence-electron chi connectivity index (χ0n) is 22.7. The minimum atomic E-state index is 1.16. The number of fused-ring (bicyclic) bond motifs is 5. The predicted octanol–water partition coefficient (Wildman–Crippen LogP) is 11.8. The molecule has 41 heavy (non-hydrogen) atoms. The standard InChI is InChI=1S/C39H27NS/c1-26-11-2-8-19-35(26)40(29-22-23-33-32-17-7-9-20-37(32)41-38(33)25-29)36-24-21-28-13-4-6-16-31(28)39(36)34-18-10-14-27-12-3-5-15-30(27)34/h2-25H,1H3. The molecule has 7 aromatic carbocycles. The fourth-order valence-electron chi connectivity index (χ4n) is 6.25. The van der Waals surface area contributed by atoms with Crippen molar-refractivity contribution in [3.05, 3.63) is 151 Å². The van der Waals surface area contributed by atoms with Crippen LogP contribution in [0.15, 0.2) is 146 Å². The Kier molecular flexibility index (Phi) is 5.61. The highest BCUT2D eigenvalue weighted by Crippen LogP contribution is 2.47. The quantitative estimate of drug-likeness (QED) is 0.214. The first-order valence-corrected chi connectivity index (χ1v) is 14.8. The summed E-state index contributed by atoms with van der Waals surface area (Å²) in [6, 6.07) is 53.1. The van der Waals surface area contributed by atoms with Gasteiger partial charge in [-0.2, -0.15) is 0 Å². The normalized spacial score (nSPS) is 11.5. The van der Waals surface area contributed by atoms with Crippen LogP contribution in [0.5, 0.6) is 0 Å². The molecule has 0 aliphatic rings. The maximum Gasteiger partial charge on any atom is 0.0546 e. The van der Waals surface area contributed by atoms with Crippen molar-refractivity contribution in [3.8, 4) is 11.1 Å². The fourth-order valence-corrected chi connectivity index (χ4v) is 7.39. The summed E-state index contributed by atoms with van der Waals surface area (Å²) in [5, 5.41) is 7.64. The van der Waals surface area contributed by atoms with Crippen molar-refractivity contribution in [1.29, 1.82) is 0 Å². The number of thiophene rings is 1. The summed E-state index contributed by atoms with van der Waals surface area (Å²) in [4.78, 5) is 2.46. The lowest BCUT2D eigenvalue weighted by Gasteiger charge is -2.30. The zero-order chi connectivity index (χ0) is 27.3. The third kappa shape index (κ3) is 3.91. The second-order valence-corrected chi connectivity index (χ2v) is 11.7. The summed E-state index contributed by atoms with van der Waals surface area (Å²) in [6.07, 6.45) is 0. The molecule has 1 heterocycles. The van der Waals surface area contributed by atoms with Crippen LogP contribution in [0.2, 0.25) is 0 Å². The van der Waals surface area contributed by atoms with Gasteiger partial charge in [-0.3, -0.25) is 0 Å². The van der Waals surface area contributed by atoms with Gasteiger partial charge < -0.3 is 4.90 Å². The molecule has 0 fully saturated rings. The average molecular weight is 542 g/mol. The van der Waals surface area contributed by atoms with Gasteiger partial charge in [0, 0.05) is 37.1 Å². The molecule has 0 spiro atoms. The first kappa shape index (κ1) is 23.9. The summed E-state index contributed by atoms with van der Waals surface area (Å²) < 4.78 is 2.62. The van der Waals surface area contributed by atoms with Crippen LogP contribution in [-0.2, 0) is 0 Å². The van der Waals surface area contributed by atoms with Crippen molar-refractivity contribution in [2.75, 3.05) is 4.90 Å². The first-order valence-electron chi connectivity index (χ1n) is 14.0. The Bertz CT molecular complexity index is 2230. The van der Waals surface area contributed by atoms with Gasteiger partial charge in [0.25, 0.3) is 0 Å². The number of hydrogen-bond donors (Lipinski definition) is 0. The van der Waals surface area contributed by atoms with Gasteiger partial charge in [0.05, 0.1) is 5.69 Å². The summed E-state index contributed by atoms with van der Waals surface area (Å²) in [5.41, 5.74) is 7.26. The second-order valence-electron chi connectivity index (χ2n) is 10.6. The van der Waals surface area contributed by atoms with E-state index in [1.807, 2.05) is 11.3 Å². The van der Waals surface area contributed by atoms with Crippen molar-refractivity contribution in [3.63, 3.8) is 0 Å². The fraction of sp³-hybridized carbons (Fsp3) is 0.0256. The second kappa shape index (κ2) is 9.62. The molecule has 0 saturated heterocycles. The highest BCUT2D eigenvalue weighted by atomic mass is 32.1. The molecule has 194 valence electrons. The van der Waals surface area contributed by atoms with Gasteiger partial charge in [-0.15, -0.1) is 11.3 Å². The molecule has 8 rings (SSSR count). The van der Waals surface area contributed by atoms with E-state index in [0.717, 1.165) is 5.69 Å². The molecule has 0 aliphatic heterocycles. The number of nitrogens with zero attached hydrogens (tertiary/aromatic N) is 1. The van der Waals surface area contributed by atoms with Crippen molar-refractivity contribution in [2.45, 2.75) is 6.92 Å². The lowest BCUT2D eigenvalue weighted by molar-refractivity contribution is 1.26. The highest BCUT2D eigenvalue weighted by molar-refractivity contribution is 7.25. The van der Waals surface area contributed by atoms with Gasteiger partial charge in [-0.1, -0.05) is 115 Å². The van der Waals surface area contributed by atoms with Crippen molar-refractivity contribution in [2.24, 2.45) is 0 Å². The monoisotopic (exact) mass is 541 g/mol. The van der Waals surface area contributed by atoms with E-state index in [-0.39, 0.29) is 0 Å². The molecule has 1 aromatic heterocycles. The zero-order valence-corrected chi connectivity index (χ0v) is 23.5. The molecule has 0 unspecified atom stereocenters. The largest absolute Gasteiger partial charge is 0.310 e. The Labute approximate surface area is 243 Å². The Morgan fingerprint density at radius 3 is 1.98 bits per heavy atom. The van der Waals surface area contributed by atoms with Gasteiger partial charge in [-0.05, 0) is 69.9 Å². The summed E-state index contributed by atoms with van der Waals surface area (Å²) in [7, 11) is 0. The topological polar surface area (TPSA) is 3.24 Å². The van der Waals surface area contributed by atoms with Gasteiger partial charge >= 0.3 is 0 Å². The SMILES string of the molecule is Cc1ccccc1N(c1ccc2c(c1)sc1ccccc12)c1ccc2ccccc2c1-c1cccc2ccccc12. The van der Waals surface area contributed by atoms with Gasteiger partial charge in [0.15, 0.2) is 0 Å². The third-order valence-electron chi connectivity index (χ3n) is 8.18. The minimum absolute atomic E-state index is 1.16. The summed E-state index contributed by atoms with van der Waals surface area (Å²) in [5.74, 6) is 0. The van der Waals surface area contributed by atoms with E-state index in [2.05, 4.69) is 157 Å². The van der Waals surface area contributed by atoms with Crippen LogP contribution >= 0.6 is 11.3 Å².